The van der Waals surface area contributed by atoms with Gasteiger partial charge in [-0.2, -0.15) is 0 Å². The summed E-state index contributed by atoms with van der Waals surface area (Å²) in [4.78, 5) is 37.9. The molecule has 36 heavy (non-hydrogen) atoms. The molecule has 1 amide bonds. The van der Waals surface area contributed by atoms with Crippen LogP contribution in [0.15, 0.2) is 72.8 Å². The summed E-state index contributed by atoms with van der Waals surface area (Å²) in [5, 5.41) is 13.7. The summed E-state index contributed by atoms with van der Waals surface area (Å²) in [5.74, 6) is -1.84. The fourth-order valence-electron chi connectivity index (χ4n) is 3.73. The molecule has 0 aliphatic heterocycles. The van der Waals surface area contributed by atoms with Crippen LogP contribution in [0.2, 0.25) is 5.02 Å². The summed E-state index contributed by atoms with van der Waals surface area (Å²) in [7, 11) is 0. The molecule has 188 valence electrons. The van der Waals surface area contributed by atoms with Gasteiger partial charge >= 0.3 is 11.9 Å². The highest BCUT2D eigenvalue weighted by molar-refractivity contribution is 6.33. The molecular formula is C28H28ClNO6. The lowest BCUT2D eigenvalue weighted by Crippen LogP contribution is -2.48. The van der Waals surface area contributed by atoms with Crippen LogP contribution in [0.5, 0.6) is 0 Å². The minimum Gasteiger partial charge on any atom is -0.464 e. The Labute approximate surface area is 215 Å². The summed E-state index contributed by atoms with van der Waals surface area (Å²) in [6.07, 6.45) is -1.36. The predicted molar refractivity (Wildman–Crippen MR) is 137 cm³/mol. The number of aliphatic hydroxyl groups is 1. The number of hydrogen-bond acceptors (Lipinski definition) is 6. The van der Waals surface area contributed by atoms with Crippen molar-refractivity contribution in [3.05, 3.63) is 94.5 Å². The molecule has 3 aromatic rings. The van der Waals surface area contributed by atoms with Gasteiger partial charge in [-0.1, -0.05) is 60.1 Å². The summed E-state index contributed by atoms with van der Waals surface area (Å²) in [5.41, 5.74) is 2.37. The zero-order valence-electron chi connectivity index (χ0n) is 20.1. The molecule has 3 rings (SSSR count). The van der Waals surface area contributed by atoms with Crippen molar-refractivity contribution in [3.8, 4) is 11.1 Å². The zero-order valence-corrected chi connectivity index (χ0v) is 20.8. The van der Waals surface area contributed by atoms with E-state index in [-0.39, 0.29) is 25.2 Å². The topological polar surface area (TPSA) is 102 Å². The average molecular weight is 510 g/mol. The lowest BCUT2D eigenvalue weighted by molar-refractivity contribution is -0.154. The predicted octanol–water partition coefficient (Wildman–Crippen LogP) is 4.45. The van der Waals surface area contributed by atoms with Crippen molar-refractivity contribution >= 4 is 29.4 Å². The molecule has 0 spiro atoms. The number of esters is 2. The maximum absolute atomic E-state index is 13.2. The van der Waals surface area contributed by atoms with Crippen LogP contribution in [-0.4, -0.2) is 48.3 Å². The van der Waals surface area contributed by atoms with Crippen molar-refractivity contribution in [2.45, 2.75) is 32.4 Å². The Morgan fingerprint density at radius 2 is 1.56 bits per heavy atom. The van der Waals surface area contributed by atoms with Gasteiger partial charge in [-0.3, -0.25) is 4.79 Å². The molecule has 0 heterocycles. The highest BCUT2D eigenvalue weighted by atomic mass is 35.5. The van der Waals surface area contributed by atoms with Crippen molar-refractivity contribution in [2.24, 2.45) is 0 Å². The standard InChI is InChI=1S/C28H28ClNO6/c1-3-35-27(33)21-13-9-8-12-20(21)22-17-19(14-15-23(22)29)26(32)30-24(25(31)28(34)36-4-2)16-18-10-6-5-7-11-18/h5-15,17,24-25,31H,3-4,16H2,1-2H3,(H,30,32). The van der Waals surface area contributed by atoms with Gasteiger partial charge in [-0.25, -0.2) is 9.59 Å². The zero-order chi connectivity index (χ0) is 26.1. The summed E-state index contributed by atoms with van der Waals surface area (Å²) >= 11 is 6.44. The Hall–Kier alpha value is -3.68. The fraction of sp³-hybridized carbons (Fsp3) is 0.250. The largest absolute Gasteiger partial charge is 0.464 e. The van der Waals surface area contributed by atoms with Crippen LogP contribution in [0.4, 0.5) is 0 Å². The number of halogens is 1. The quantitative estimate of drug-likeness (QED) is 0.391. The second kappa shape index (κ2) is 12.9. The summed E-state index contributed by atoms with van der Waals surface area (Å²) in [6, 6.07) is 19.7. The lowest BCUT2D eigenvalue weighted by Gasteiger charge is -2.23. The van der Waals surface area contributed by atoms with Crippen molar-refractivity contribution in [1.82, 2.24) is 5.32 Å². The first-order chi connectivity index (χ1) is 17.3. The molecule has 0 aliphatic carbocycles. The smallest absolute Gasteiger partial charge is 0.338 e. The molecule has 0 bridgehead atoms. The number of carbonyl (C=O) groups is 3. The van der Waals surface area contributed by atoms with E-state index in [1.165, 1.54) is 6.07 Å². The molecule has 3 aromatic carbocycles. The van der Waals surface area contributed by atoms with Gasteiger partial charge in [-0.05, 0) is 55.7 Å². The second-order valence-corrected chi connectivity index (χ2v) is 8.33. The minimum atomic E-state index is -1.56. The Morgan fingerprint density at radius 3 is 2.25 bits per heavy atom. The van der Waals surface area contributed by atoms with Gasteiger partial charge < -0.3 is 19.9 Å². The van der Waals surface area contributed by atoms with Gasteiger partial charge in [0.25, 0.3) is 5.91 Å². The molecule has 0 saturated heterocycles. The number of benzene rings is 3. The van der Waals surface area contributed by atoms with Gasteiger partial charge in [0.15, 0.2) is 6.10 Å². The molecular weight excluding hydrogens is 482 g/mol. The van der Waals surface area contributed by atoms with E-state index in [9.17, 15) is 19.5 Å². The maximum Gasteiger partial charge on any atom is 0.338 e. The fourth-order valence-corrected chi connectivity index (χ4v) is 3.95. The molecule has 0 aromatic heterocycles. The van der Waals surface area contributed by atoms with Gasteiger partial charge in [-0.15, -0.1) is 0 Å². The Kier molecular flexibility index (Phi) is 9.61. The van der Waals surface area contributed by atoms with E-state index in [4.69, 9.17) is 21.1 Å². The van der Waals surface area contributed by atoms with Crippen molar-refractivity contribution in [3.63, 3.8) is 0 Å². The van der Waals surface area contributed by atoms with Crippen LogP contribution in [0.25, 0.3) is 11.1 Å². The second-order valence-electron chi connectivity index (χ2n) is 7.93. The number of carbonyl (C=O) groups excluding carboxylic acids is 3. The van der Waals surface area contributed by atoms with Crippen LogP contribution < -0.4 is 5.32 Å². The molecule has 7 nitrogen and oxygen atoms in total. The van der Waals surface area contributed by atoms with Crippen LogP contribution in [0.1, 0.15) is 40.1 Å². The van der Waals surface area contributed by atoms with Crippen molar-refractivity contribution in [1.29, 1.82) is 0 Å². The third-order valence-corrected chi connectivity index (χ3v) is 5.79. The minimum absolute atomic E-state index is 0.0995. The van der Waals surface area contributed by atoms with Crippen LogP contribution in [0, 0.1) is 0 Å². The first-order valence-electron chi connectivity index (χ1n) is 11.6. The first-order valence-corrected chi connectivity index (χ1v) is 12.0. The normalized spacial score (nSPS) is 12.3. The monoisotopic (exact) mass is 509 g/mol. The molecule has 2 unspecified atom stereocenters. The number of aliphatic hydroxyl groups excluding tert-OH is 1. The molecule has 2 N–H and O–H groups in total. The Bertz CT molecular complexity index is 1210. The SMILES string of the molecule is CCOC(=O)c1ccccc1-c1cc(C(=O)NC(Cc2ccccc2)C(O)C(=O)OCC)ccc1Cl. The van der Waals surface area contributed by atoms with Gasteiger partial charge in [0.1, 0.15) is 0 Å². The highest BCUT2D eigenvalue weighted by Gasteiger charge is 2.29. The van der Waals surface area contributed by atoms with E-state index in [2.05, 4.69) is 5.32 Å². The van der Waals surface area contributed by atoms with Crippen LogP contribution >= 0.6 is 11.6 Å². The summed E-state index contributed by atoms with van der Waals surface area (Å²) in [6.45, 7) is 3.67. The highest BCUT2D eigenvalue weighted by Crippen LogP contribution is 2.32. The number of hydrogen-bond donors (Lipinski definition) is 2. The maximum atomic E-state index is 13.2. The van der Waals surface area contributed by atoms with Gasteiger partial charge in [0, 0.05) is 16.1 Å². The number of ether oxygens (including phenoxy) is 2. The van der Waals surface area contributed by atoms with Gasteiger partial charge in [0.05, 0.1) is 24.8 Å². The van der Waals surface area contributed by atoms with E-state index in [0.717, 1.165) is 5.56 Å². The van der Waals surface area contributed by atoms with Crippen LogP contribution in [-0.2, 0) is 20.7 Å². The number of rotatable bonds is 10. The summed E-state index contributed by atoms with van der Waals surface area (Å²) < 4.78 is 10.1. The Balaban J connectivity index is 1.92. The molecule has 0 saturated carbocycles. The van der Waals surface area contributed by atoms with E-state index in [1.54, 1.807) is 50.2 Å². The molecule has 0 aliphatic rings. The number of nitrogens with one attached hydrogen (secondary N) is 1. The molecule has 0 radical (unpaired) electrons. The third kappa shape index (κ3) is 6.71. The lowest BCUT2D eigenvalue weighted by atomic mass is 9.97. The van der Waals surface area contributed by atoms with Crippen molar-refractivity contribution in [2.75, 3.05) is 13.2 Å². The van der Waals surface area contributed by atoms with E-state index >= 15 is 0 Å². The third-order valence-electron chi connectivity index (χ3n) is 5.47. The van der Waals surface area contributed by atoms with E-state index in [0.29, 0.717) is 21.7 Å². The van der Waals surface area contributed by atoms with Gasteiger partial charge in [0.2, 0.25) is 0 Å². The Morgan fingerprint density at radius 1 is 0.889 bits per heavy atom. The number of amides is 1. The van der Waals surface area contributed by atoms with E-state index in [1.807, 2.05) is 30.3 Å². The molecule has 2 atom stereocenters. The average Bonchev–Trinajstić information content (AvgIpc) is 2.89. The van der Waals surface area contributed by atoms with Crippen molar-refractivity contribution < 1.29 is 29.0 Å². The first kappa shape index (κ1) is 26.9. The molecule has 8 heteroatoms. The van der Waals surface area contributed by atoms with Crippen LogP contribution in [0.3, 0.4) is 0 Å². The molecule has 0 fully saturated rings. The van der Waals surface area contributed by atoms with E-state index < -0.39 is 30.0 Å².